The molecule has 4 heteroatoms. The molecule has 4 nitrogen and oxygen atoms in total. The van der Waals surface area contributed by atoms with Gasteiger partial charge in [-0.15, -0.1) is 0 Å². The Morgan fingerprint density at radius 2 is 2.12 bits per heavy atom. The standard InChI is InChI=1S/C13H22N4/c1-11-9-13(16-10-15-11)17(8-4-7-14)12-5-2-3-6-12/h9-10,12H,2-8,14H2,1H3. The summed E-state index contributed by atoms with van der Waals surface area (Å²) in [4.78, 5) is 11.0. The molecule has 1 aromatic heterocycles. The molecule has 94 valence electrons. The quantitative estimate of drug-likeness (QED) is 0.845. The molecule has 1 aliphatic rings. The van der Waals surface area contributed by atoms with Crippen LogP contribution in [-0.4, -0.2) is 29.1 Å². The largest absolute Gasteiger partial charge is 0.353 e. The van der Waals surface area contributed by atoms with E-state index in [2.05, 4.69) is 20.9 Å². The maximum absolute atomic E-state index is 5.62. The third-order valence-electron chi connectivity index (χ3n) is 3.45. The predicted octanol–water partition coefficient (Wildman–Crippen LogP) is 1.88. The van der Waals surface area contributed by atoms with Crippen LogP contribution in [0, 0.1) is 6.92 Å². The second-order valence-corrected chi connectivity index (χ2v) is 4.79. The summed E-state index contributed by atoms with van der Waals surface area (Å²) >= 11 is 0. The molecule has 2 rings (SSSR count). The first-order chi connectivity index (χ1) is 8.31. The summed E-state index contributed by atoms with van der Waals surface area (Å²) in [6.45, 7) is 3.77. The van der Waals surface area contributed by atoms with Crippen LogP contribution in [0.2, 0.25) is 0 Å². The summed E-state index contributed by atoms with van der Waals surface area (Å²) in [7, 11) is 0. The van der Waals surface area contributed by atoms with E-state index in [-0.39, 0.29) is 0 Å². The van der Waals surface area contributed by atoms with E-state index in [9.17, 15) is 0 Å². The van der Waals surface area contributed by atoms with Crippen LogP contribution in [0.15, 0.2) is 12.4 Å². The Morgan fingerprint density at radius 1 is 1.35 bits per heavy atom. The second-order valence-electron chi connectivity index (χ2n) is 4.79. The number of anilines is 1. The van der Waals surface area contributed by atoms with Crippen molar-refractivity contribution in [2.45, 2.75) is 45.1 Å². The average molecular weight is 234 g/mol. The molecule has 1 saturated carbocycles. The molecule has 0 saturated heterocycles. The number of aryl methyl sites for hydroxylation is 1. The van der Waals surface area contributed by atoms with Gasteiger partial charge in [0.25, 0.3) is 0 Å². The number of nitrogens with zero attached hydrogens (tertiary/aromatic N) is 3. The first kappa shape index (κ1) is 12.3. The smallest absolute Gasteiger partial charge is 0.132 e. The summed E-state index contributed by atoms with van der Waals surface area (Å²) in [5.74, 6) is 1.07. The van der Waals surface area contributed by atoms with E-state index in [0.717, 1.165) is 31.0 Å². The normalized spacial score (nSPS) is 16.4. The molecule has 1 heterocycles. The maximum Gasteiger partial charge on any atom is 0.132 e. The number of aromatic nitrogens is 2. The lowest BCUT2D eigenvalue weighted by molar-refractivity contribution is 0.586. The minimum atomic E-state index is 0.649. The Hall–Kier alpha value is -1.16. The monoisotopic (exact) mass is 234 g/mol. The fourth-order valence-electron chi connectivity index (χ4n) is 2.56. The minimum Gasteiger partial charge on any atom is -0.353 e. The molecule has 0 spiro atoms. The predicted molar refractivity (Wildman–Crippen MR) is 70.0 cm³/mol. The molecule has 1 aromatic rings. The fourth-order valence-corrected chi connectivity index (χ4v) is 2.56. The number of hydrogen-bond acceptors (Lipinski definition) is 4. The van der Waals surface area contributed by atoms with Gasteiger partial charge in [-0.05, 0) is 32.7 Å². The van der Waals surface area contributed by atoms with Gasteiger partial charge in [-0.25, -0.2) is 9.97 Å². The Kier molecular flexibility index (Phi) is 4.31. The molecular weight excluding hydrogens is 212 g/mol. The van der Waals surface area contributed by atoms with E-state index in [0.29, 0.717) is 6.04 Å². The van der Waals surface area contributed by atoms with E-state index >= 15 is 0 Å². The first-order valence-corrected chi connectivity index (χ1v) is 6.56. The molecule has 0 bridgehead atoms. The highest BCUT2D eigenvalue weighted by Gasteiger charge is 2.23. The molecule has 2 N–H and O–H groups in total. The van der Waals surface area contributed by atoms with Crippen molar-refractivity contribution in [1.29, 1.82) is 0 Å². The number of hydrogen-bond donors (Lipinski definition) is 1. The van der Waals surface area contributed by atoms with Crippen molar-refractivity contribution in [3.63, 3.8) is 0 Å². The van der Waals surface area contributed by atoms with Gasteiger partial charge < -0.3 is 10.6 Å². The topological polar surface area (TPSA) is 55.0 Å². The summed E-state index contributed by atoms with van der Waals surface area (Å²) in [6.07, 6.45) is 7.94. The van der Waals surface area contributed by atoms with Crippen LogP contribution in [0.1, 0.15) is 37.8 Å². The zero-order valence-corrected chi connectivity index (χ0v) is 10.6. The Bertz CT molecular complexity index is 347. The summed E-state index contributed by atoms with van der Waals surface area (Å²) in [6, 6.07) is 2.73. The van der Waals surface area contributed by atoms with E-state index in [4.69, 9.17) is 5.73 Å². The second kappa shape index (κ2) is 5.96. The molecule has 0 amide bonds. The molecule has 0 radical (unpaired) electrons. The Labute approximate surface area is 103 Å². The summed E-state index contributed by atoms with van der Waals surface area (Å²) in [5, 5.41) is 0. The molecule has 1 fully saturated rings. The van der Waals surface area contributed by atoms with E-state index in [1.165, 1.54) is 25.7 Å². The van der Waals surface area contributed by atoms with Crippen LogP contribution in [0.25, 0.3) is 0 Å². The highest BCUT2D eigenvalue weighted by molar-refractivity contribution is 5.40. The molecule has 0 unspecified atom stereocenters. The van der Waals surface area contributed by atoms with Gasteiger partial charge in [0.15, 0.2) is 0 Å². The molecule has 0 atom stereocenters. The van der Waals surface area contributed by atoms with Crippen molar-refractivity contribution in [2.24, 2.45) is 5.73 Å². The van der Waals surface area contributed by atoms with Gasteiger partial charge in [-0.1, -0.05) is 12.8 Å². The minimum absolute atomic E-state index is 0.649. The Balaban J connectivity index is 2.13. The third-order valence-corrected chi connectivity index (χ3v) is 3.45. The lowest BCUT2D eigenvalue weighted by Crippen LogP contribution is -2.35. The number of rotatable bonds is 5. The highest BCUT2D eigenvalue weighted by Crippen LogP contribution is 2.27. The SMILES string of the molecule is Cc1cc(N(CCCN)C2CCCC2)ncn1. The van der Waals surface area contributed by atoms with Crippen molar-refractivity contribution in [1.82, 2.24) is 9.97 Å². The van der Waals surface area contributed by atoms with Gasteiger partial charge in [-0.2, -0.15) is 0 Å². The third kappa shape index (κ3) is 3.16. The van der Waals surface area contributed by atoms with Crippen molar-refractivity contribution in [3.05, 3.63) is 18.1 Å². The van der Waals surface area contributed by atoms with Gasteiger partial charge in [0.1, 0.15) is 12.1 Å². The lowest BCUT2D eigenvalue weighted by Gasteiger charge is -2.30. The molecular formula is C13H22N4. The molecule has 0 aliphatic heterocycles. The van der Waals surface area contributed by atoms with Crippen LogP contribution in [0.4, 0.5) is 5.82 Å². The highest BCUT2D eigenvalue weighted by atomic mass is 15.2. The summed E-state index contributed by atoms with van der Waals surface area (Å²) in [5.41, 5.74) is 6.66. The molecule has 0 aromatic carbocycles. The van der Waals surface area contributed by atoms with Crippen LogP contribution in [-0.2, 0) is 0 Å². The van der Waals surface area contributed by atoms with Crippen molar-refractivity contribution < 1.29 is 0 Å². The van der Waals surface area contributed by atoms with Crippen molar-refractivity contribution in [2.75, 3.05) is 18.0 Å². The average Bonchev–Trinajstić information content (AvgIpc) is 2.83. The van der Waals surface area contributed by atoms with Crippen LogP contribution in [0.3, 0.4) is 0 Å². The zero-order valence-electron chi connectivity index (χ0n) is 10.6. The molecule has 1 aliphatic carbocycles. The maximum atomic E-state index is 5.62. The van der Waals surface area contributed by atoms with Gasteiger partial charge in [-0.3, -0.25) is 0 Å². The van der Waals surface area contributed by atoms with E-state index < -0.39 is 0 Å². The lowest BCUT2D eigenvalue weighted by atomic mass is 10.2. The van der Waals surface area contributed by atoms with Crippen molar-refractivity contribution >= 4 is 5.82 Å². The van der Waals surface area contributed by atoms with E-state index in [1.807, 2.05) is 6.92 Å². The molecule has 17 heavy (non-hydrogen) atoms. The van der Waals surface area contributed by atoms with Crippen LogP contribution in [0.5, 0.6) is 0 Å². The van der Waals surface area contributed by atoms with Gasteiger partial charge in [0.05, 0.1) is 0 Å². The summed E-state index contributed by atoms with van der Waals surface area (Å²) < 4.78 is 0. The van der Waals surface area contributed by atoms with Crippen LogP contribution < -0.4 is 10.6 Å². The fraction of sp³-hybridized carbons (Fsp3) is 0.692. The van der Waals surface area contributed by atoms with Gasteiger partial charge in [0.2, 0.25) is 0 Å². The van der Waals surface area contributed by atoms with E-state index in [1.54, 1.807) is 6.33 Å². The van der Waals surface area contributed by atoms with Gasteiger partial charge in [0, 0.05) is 24.3 Å². The zero-order chi connectivity index (χ0) is 12.1. The Morgan fingerprint density at radius 3 is 2.76 bits per heavy atom. The first-order valence-electron chi connectivity index (χ1n) is 6.56. The number of nitrogens with two attached hydrogens (primary N) is 1. The van der Waals surface area contributed by atoms with Crippen molar-refractivity contribution in [3.8, 4) is 0 Å². The van der Waals surface area contributed by atoms with Crippen LogP contribution >= 0.6 is 0 Å². The van der Waals surface area contributed by atoms with Gasteiger partial charge >= 0.3 is 0 Å².